The standard InChI is InChI=1S/C17H19INS/c1-19(13-7-3-2-4-8-13)15-10-5-9-14(18)17(15)16-11-6-12-20-16/h5-6,9,11-13H,2-4,7-8H2,1H3. The number of nitrogens with zero attached hydrogens (tertiary/aromatic N) is 1. The average Bonchev–Trinajstić information content (AvgIpc) is 3.01. The summed E-state index contributed by atoms with van der Waals surface area (Å²) < 4.78 is 1.32. The van der Waals surface area contributed by atoms with Crippen LogP contribution in [-0.2, 0) is 0 Å². The predicted molar refractivity (Wildman–Crippen MR) is 96.6 cm³/mol. The molecule has 1 aliphatic carbocycles. The lowest BCUT2D eigenvalue weighted by Crippen LogP contribution is -2.33. The maximum atomic E-state index is 3.49. The Morgan fingerprint density at radius 1 is 1.25 bits per heavy atom. The predicted octanol–water partition coefficient (Wildman–Crippen LogP) is 5.59. The van der Waals surface area contributed by atoms with E-state index in [1.54, 1.807) is 0 Å². The summed E-state index contributed by atoms with van der Waals surface area (Å²) in [5.74, 6) is 0. The summed E-state index contributed by atoms with van der Waals surface area (Å²) in [5, 5.41) is 2.16. The van der Waals surface area contributed by atoms with Crippen molar-refractivity contribution in [1.29, 1.82) is 0 Å². The first-order valence-electron chi connectivity index (χ1n) is 7.24. The van der Waals surface area contributed by atoms with Crippen LogP contribution in [0.3, 0.4) is 0 Å². The van der Waals surface area contributed by atoms with Crippen molar-refractivity contribution in [1.82, 2.24) is 0 Å². The quantitative estimate of drug-likeness (QED) is 0.612. The second kappa shape index (κ2) is 6.48. The molecule has 1 aliphatic rings. The van der Waals surface area contributed by atoms with Crippen molar-refractivity contribution in [2.75, 3.05) is 11.9 Å². The smallest absolute Gasteiger partial charge is 0.0545 e. The lowest BCUT2D eigenvalue weighted by molar-refractivity contribution is 0.427. The Morgan fingerprint density at radius 2 is 2.05 bits per heavy atom. The zero-order valence-corrected chi connectivity index (χ0v) is 14.7. The molecule has 0 spiro atoms. The molecule has 105 valence electrons. The maximum absolute atomic E-state index is 3.49. The maximum Gasteiger partial charge on any atom is 0.0545 e. The number of anilines is 1. The molecular weight excluding hydrogens is 377 g/mol. The molecule has 0 saturated heterocycles. The Balaban J connectivity index is 1.98. The van der Waals surface area contributed by atoms with Gasteiger partial charge in [0, 0.05) is 33.2 Å². The van der Waals surface area contributed by atoms with Crippen molar-refractivity contribution in [3.63, 3.8) is 0 Å². The van der Waals surface area contributed by atoms with Crippen LogP contribution in [-0.4, -0.2) is 13.1 Å². The topological polar surface area (TPSA) is 3.24 Å². The molecule has 0 bridgehead atoms. The Labute approximate surface area is 139 Å². The molecule has 0 amide bonds. The highest BCUT2D eigenvalue weighted by molar-refractivity contribution is 14.1. The van der Waals surface area contributed by atoms with Crippen LogP contribution in [0, 0.1) is 9.64 Å². The highest BCUT2D eigenvalue weighted by atomic mass is 127. The second-order valence-corrected chi connectivity index (χ2v) is 7.54. The van der Waals surface area contributed by atoms with Gasteiger partial charge in [-0.2, -0.15) is 0 Å². The third-order valence-corrected chi connectivity index (χ3v) is 5.95. The van der Waals surface area contributed by atoms with Crippen LogP contribution in [0.1, 0.15) is 32.1 Å². The fraction of sp³-hybridized carbons (Fsp3) is 0.412. The number of rotatable bonds is 3. The molecule has 3 rings (SSSR count). The zero-order valence-electron chi connectivity index (χ0n) is 11.7. The molecule has 20 heavy (non-hydrogen) atoms. The summed E-state index contributed by atoms with van der Waals surface area (Å²) in [6.07, 6.45) is 6.78. The van der Waals surface area contributed by atoms with Crippen molar-refractivity contribution < 1.29 is 0 Å². The van der Waals surface area contributed by atoms with Gasteiger partial charge in [0.1, 0.15) is 0 Å². The summed E-state index contributed by atoms with van der Waals surface area (Å²) in [5.41, 5.74) is 2.63. The molecule has 0 N–H and O–H groups in total. The first-order valence-corrected chi connectivity index (χ1v) is 9.20. The van der Waals surface area contributed by atoms with E-state index in [4.69, 9.17) is 0 Å². The van der Waals surface area contributed by atoms with E-state index in [0.29, 0.717) is 6.04 Å². The zero-order chi connectivity index (χ0) is 13.9. The van der Waals surface area contributed by atoms with E-state index in [2.05, 4.69) is 70.3 Å². The van der Waals surface area contributed by atoms with Crippen LogP contribution in [0.4, 0.5) is 5.69 Å². The lowest BCUT2D eigenvalue weighted by Gasteiger charge is -2.34. The van der Waals surface area contributed by atoms with Crippen LogP contribution in [0.5, 0.6) is 0 Å². The van der Waals surface area contributed by atoms with E-state index in [0.717, 1.165) is 0 Å². The van der Waals surface area contributed by atoms with E-state index in [1.165, 1.54) is 51.8 Å². The van der Waals surface area contributed by atoms with E-state index in [1.807, 2.05) is 11.3 Å². The van der Waals surface area contributed by atoms with Gasteiger partial charge in [0.2, 0.25) is 0 Å². The Morgan fingerprint density at radius 3 is 2.75 bits per heavy atom. The lowest BCUT2D eigenvalue weighted by atomic mass is 9.93. The summed E-state index contributed by atoms with van der Waals surface area (Å²) >= 11 is 4.27. The van der Waals surface area contributed by atoms with Gasteiger partial charge >= 0.3 is 0 Å². The van der Waals surface area contributed by atoms with Crippen molar-refractivity contribution in [2.24, 2.45) is 0 Å². The average molecular weight is 396 g/mol. The fourth-order valence-electron chi connectivity index (χ4n) is 3.05. The molecular formula is C17H19INS. The Bertz CT molecular complexity index is 558. The molecule has 1 nitrogen and oxygen atoms in total. The minimum Gasteiger partial charge on any atom is -0.371 e. The van der Waals surface area contributed by atoms with Gasteiger partial charge in [0.15, 0.2) is 0 Å². The van der Waals surface area contributed by atoms with E-state index >= 15 is 0 Å². The molecule has 1 heterocycles. The molecule has 0 atom stereocenters. The van der Waals surface area contributed by atoms with Gasteiger partial charge in [-0.05, 0) is 52.9 Å². The van der Waals surface area contributed by atoms with Gasteiger partial charge in [0.05, 0.1) is 5.69 Å². The molecule has 0 unspecified atom stereocenters. The fourth-order valence-corrected chi connectivity index (χ4v) is 4.74. The molecule has 1 aromatic heterocycles. The van der Waals surface area contributed by atoms with Crippen molar-refractivity contribution >= 4 is 39.6 Å². The number of hydrogen-bond acceptors (Lipinski definition) is 2. The number of hydrogen-bond donors (Lipinski definition) is 0. The molecule has 1 saturated carbocycles. The van der Waals surface area contributed by atoms with Crippen LogP contribution in [0.2, 0.25) is 0 Å². The highest BCUT2D eigenvalue weighted by Crippen LogP contribution is 2.38. The minimum absolute atomic E-state index is 0.678. The SMILES string of the molecule is CN(c1[c]ccc(I)c1-c1cccs1)C1CCCCC1. The van der Waals surface area contributed by atoms with E-state index in [-0.39, 0.29) is 0 Å². The van der Waals surface area contributed by atoms with Gasteiger partial charge < -0.3 is 4.90 Å². The van der Waals surface area contributed by atoms with Crippen molar-refractivity contribution in [2.45, 2.75) is 38.1 Å². The first-order chi connectivity index (χ1) is 9.77. The van der Waals surface area contributed by atoms with Crippen LogP contribution >= 0.6 is 33.9 Å². The van der Waals surface area contributed by atoms with Crippen molar-refractivity contribution in [3.05, 3.63) is 39.3 Å². The summed E-state index contributed by atoms with van der Waals surface area (Å²) in [6, 6.07) is 12.7. The normalized spacial score (nSPS) is 16.3. The summed E-state index contributed by atoms with van der Waals surface area (Å²) in [7, 11) is 2.25. The molecule has 1 aromatic carbocycles. The summed E-state index contributed by atoms with van der Waals surface area (Å²) in [4.78, 5) is 3.82. The van der Waals surface area contributed by atoms with Gasteiger partial charge in [-0.3, -0.25) is 0 Å². The van der Waals surface area contributed by atoms with E-state index < -0.39 is 0 Å². The largest absolute Gasteiger partial charge is 0.371 e. The Kier molecular flexibility index (Phi) is 4.66. The van der Waals surface area contributed by atoms with Gasteiger partial charge in [-0.15, -0.1) is 11.3 Å². The molecule has 2 aromatic rings. The first kappa shape index (κ1) is 14.4. The van der Waals surface area contributed by atoms with Crippen molar-refractivity contribution in [3.8, 4) is 10.4 Å². The molecule has 0 aliphatic heterocycles. The van der Waals surface area contributed by atoms with Gasteiger partial charge in [-0.1, -0.05) is 31.4 Å². The molecule has 3 heteroatoms. The number of thiophene rings is 1. The monoisotopic (exact) mass is 396 g/mol. The minimum atomic E-state index is 0.678. The Hall–Kier alpha value is -0.550. The van der Waals surface area contributed by atoms with Crippen LogP contribution in [0.25, 0.3) is 10.4 Å². The molecule has 1 fully saturated rings. The molecule has 1 radical (unpaired) electrons. The van der Waals surface area contributed by atoms with Gasteiger partial charge in [-0.25, -0.2) is 0 Å². The van der Waals surface area contributed by atoms with Crippen LogP contribution in [0.15, 0.2) is 29.6 Å². The van der Waals surface area contributed by atoms with Gasteiger partial charge in [0.25, 0.3) is 0 Å². The van der Waals surface area contributed by atoms with E-state index in [9.17, 15) is 0 Å². The third-order valence-electron chi connectivity index (χ3n) is 4.17. The highest BCUT2D eigenvalue weighted by Gasteiger charge is 2.22. The second-order valence-electron chi connectivity index (χ2n) is 5.43. The third kappa shape index (κ3) is 2.89. The number of benzene rings is 1. The summed E-state index contributed by atoms with van der Waals surface area (Å²) in [6.45, 7) is 0. The number of halogens is 1. The van der Waals surface area contributed by atoms with Crippen LogP contribution < -0.4 is 4.90 Å².